The third-order valence-corrected chi connectivity index (χ3v) is 3.14. The topological polar surface area (TPSA) is 80.5 Å². The van der Waals surface area contributed by atoms with Gasteiger partial charge < -0.3 is 20.7 Å². The first-order valence-corrected chi connectivity index (χ1v) is 5.99. The van der Waals surface area contributed by atoms with Crippen molar-refractivity contribution in [1.29, 1.82) is 0 Å². The highest BCUT2D eigenvalue weighted by Gasteiger charge is 2.23. The zero-order valence-corrected chi connectivity index (χ0v) is 10.4. The van der Waals surface area contributed by atoms with E-state index in [-0.39, 0.29) is 6.09 Å². The zero-order chi connectivity index (χ0) is 13.0. The molecular formula is C12H18N4O2. The average Bonchev–Trinajstić information content (AvgIpc) is 2.41. The Bertz CT molecular complexity index is 416. The lowest BCUT2D eigenvalue weighted by Gasteiger charge is -2.32. The molecule has 0 aliphatic carbocycles. The summed E-state index contributed by atoms with van der Waals surface area (Å²) in [4.78, 5) is 17.0. The summed E-state index contributed by atoms with van der Waals surface area (Å²) in [5.41, 5.74) is 7.38. The monoisotopic (exact) mass is 250 g/mol. The maximum atomic E-state index is 11.3. The summed E-state index contributed by atoms with van der Waals surface area (Å²) in [7, 11) is 1.41. The van der Waals surface area contributed by atoms with Crippen molar-refractivity contribution in [2.24, 2.45) is 0 Å². The number of nitrogens with zero attached hydrogens (tertiary/aromatic N) is 2. The number of likely N-dealkylation sites (tertiary alicyclic amines) is 1. The van der Waals surface area contributed by atoms with Gasteiger partial charge in [-0.05, 0) is 18.9 Å². The molecule has 0 atom stereocenters. The van der Waals surface area contributed by atoms with Crippen molar-refractivity contribution in [3.63, 3.8) is 0 Å². The molecule has 2 rings (SSSR count). The first-order chi connectivity index (χ1) is 8.70. The van der Waals surface area contributed by atoms with Crippen molar-refractivity contribution in [3.8, 4) is 0 Å². The number of aromatic nitrogens is 1. The van der Waals surface area contributed by atoms with Crippen LogP contribution in [0.2, 0.25) is 0 Å². The standard InChI is InChI=1S/C12H18N4O2/c1-18-12(17)16-6-3-9(4-7-16)15-11-2-5-14-8-10(11)13/h2,5,8-9H,3-4,6-7,13H2,1H3,(H,14,15). The number of ether oxygens (including phenoxy) is 1. The molecule has 1 saturated heterocycles. The number of methoxy groups -OCH3 is 1. The van der Waals surface area contributed by atoms with Crippen LogP contribution >= 0.6 is 0 Å². The van der Waals surface area contributed by atoms with Gasteiger partial charge in [0.1, 0.15) is 0 Å². The van der Waals surface area contributed by atoms with Crippen LogP contribution in [0.3, 0.4) is 0 Å². The summed E-state index contributed by atoms with van der Waals surface area (Å²) in [6.07, 6.45) is 4.86. The number of amides is 1. The van der Waals surface area contributed by atoms with Crippen LogP contribution in [0.4, 0.5) is 16.2 Å². The zero-order valence-electron chi connectivity index (χ0n) is 10.4. The molecule has 98 valence electrons. The van der Waals surface area contributed by atoms with E-state index in [1.807, 2.05) is 6.07 Å². The Balaban J connectivity index is 1.87. The number of hydrogen-bond donors (Lipinski definition) is 2. The van der Waals surface area contributed by atoms with Gasteiger partial charge >= 0.3 is 6.09 Å². The van der Waals surface area contributed by atoms with Crippen LogP contribution in [0.5, 0.6) is 0 Å². The Morgan fingerprint density at radius 1 is 1.56 bits per heavy atom. The summed E-state index contributed by atoms with van der Waals surface area (Å²) in [5, 5.41) is 3.38. The van der Waals surface area contributed by atoms with Crippen LogP contribution in [0.15, 0.2) is 18.5 Å². The van der Waals surface area contributed by atoms with Crippen molar-refractivity contribution in [1.82, 2.24) is 9.88 Å². The second-order valence-electron chi connectivity index (χ2n) is 4.34. The minimum absolute atomic E-state index is 0.253. The van der Waals surface area contributed by atoms with Crippen LogP contribution in [-0.2, 0) is 4.74 Å². The Labute approximate surface area is 106 Å². The Hall–Kier alpha value is -1.98. The Morgan fingerprint density at radius 3 is 2.89 bits per heavy atom. The smallest absolute Gasteiger partial charge is 0.409 e. The normalized spacial score (nSPS) is 16.4. The lowest BCUT2D eigenvalue weighted by Crippen LogP contribution is -2.42. The molecule has 6 nitrogen and oxygen atoms in total. The third kappa shape index (κ3) is 2.82. The summed E-state index contributed by atoms with van der Waals surface area (Å²) in [6.45, 7) is 1.41. The van der Waals surface area contributed by atoms with Gasteiger partial charge in [-0.25, -0.2) is 4.79 Å². The highest BCUT2D eigenvalue weighted by molar-refractivity contribution is 5.68. The molecule has 1 amide bonds. The number of nitrogens with two attached hydrogens (primary N) is 1. The molecule has 0 aromatic carbocycles. The first-order valence-electron chi connectivity index (χ1n) is 5.99. The molecule has 1 aliphatic heterocycles. The molecule has 3 N–H and O–H groups in total. The van der Waals surface area contributed by atoms with Crippen molar-refractivity contribution < 1.29 is 9.53 Å². The SMILES string of the molecule is COC(=O)N1CCC(Nc2ccncc2N)CC1. The number of anilines is 2. The maximum absolute atomic E-state index is 11.3. The number of carbonyl (C=O) groups is 1. The summed E-state index contributed by atoms with van der Waals surface area (Å²) in [5.74, 6) is 0. The number of carbonyl (C=O) groups excluding carboxylic acids is 1. The predicted molar refractivity (Wildman–Crippen MR) is 69.3 cm³/mol. The largest absolute Gasteiger partial charge is 0.453 e. The van der Waals surface area contributed by atoms with Crippen molar-refractivity contribution in [3.05, 3.63) is 18.5 Å². The van der Waals surface area contributed by atoms with Gasteiger partial charge in [-0.2, -0.15) is 0 Å². The quantitative estimate of drug-likeness (QED) is 0.827. The molecule has 0 unspecified atom stereocenters. The second-order valence-corrected chi connectivity index (χ2v) is 4.34. The molecule has 1 aliphatic rings. The van der Waals surface area contributed by atoms with E-state index in [1.54, 1.807) is 17.3 Å². The highest BCUT2D eigenvalue weighted by atomic mass is 16.5. The van der Waals surface area contributed by atoms with E-state index in [4.69, 9.17) is 10.5 Å². The van der Waals surface area contributed by atoms with Crippen LogP contribution in [0, 0.1) is 0 Å². The third-order valence-electron chi connectivity index (χ3n) is 3.14. The summed E-state index contributed by atoms with van der Waals surface area (Å²) >= 11 is 0. The van der Waals surface area contributed by atoms with Crippen molar-refractivity contribution in [2.75, 3.05) is 31.2 Å². The van der Waals surface area contributed by atoms with E-state index in [0.29, 0.717) is 24.8 Å². The molecule has 1 aromatic rings. The van der Waals surface area contributed by atoms with Gasteiger partial charge in [0.05, 0.1) is 24.7 Å². The van der Waals surface area contributed by atoms with Gasteiger partial charge in [-0.1, -0.05) is 0 Å². The number of rotatable bonds is 2. The second kappa shape index (κ2) is 5.57. The summed E-state index contributed by atoms with van der Waals surface area (Å²) in [6, 6.07) is 2.19. The first kappa shape index (κ1) is 12.5. The molecule has 6 heteroatoms. The van der Waals surface area contributed by atoms with E-state index in [9.17, 15) is 4.79 Å². The fourth-order valence-electron chi connectivity index (χ4n) is 2.09. The van der Waals surface area contributed by atoms with Crippen molar-refractivity contribution in [2.45, 2.75) is 18.9 Å². The van der Waals surface area contributed by atoms with Crippen LogP contribution in [0.1, 0.15) is 12.8 Å². The van der Waals surface area contributed by atoms with Crippen LogP contribution in [-0.4, -0.2) is 42.2 Å². The average molecular weight is 250 g/mol. The predicted octanol–water partition coefficient (Wildman–Crippen LogP) is 1.31. The van der Waals surface area contributed by atoms with E-state index in [0.717, 1.165) is 18.5 Å². The summed E-state index contributed by atoms with van der Waals surface area (Å²) < 4.78 is 4.70. The van der Waals surface area contributed by atoms with Gasteiger partial charge in [-0.3, -0.25) is 4.98 Å². The van der Waals surface area contributed by atoms with Crippen molar-refractivity contribution >= 4 is 17.5 Å². The fraction of sp³-hybridized carbons (Fsp3) is 0.500. The fourth-order valence-corrected chi connectivity index (χ4v) is 2.09. The Kier molecular flexibility index (Phi) is 3.86. The van der Waals surface area contributed by atoms with Gasteiger partial charge in [0, 0.05) is 25.3 Å². The molecule has 18 heavy (non-hydrogen) atoms. The highest BCUT2D eigenvalue weighted by Crippen LogP contribution is 2.20. The van der Waals surface area contributed by atoms with E-state index in [1.165, 1.54) is 7.11 Å². The lowest BCUT2D eigenvalue weighted by molar-refractivity contribution is 0.113. The molecule has 1 fully saturated rings. The molecule has 2 heterocycles. The van der Waals surface area contributed by atoms with E-state index >= 15 is 0 Å². The molecule has 0 saturated carbocycles. The number of pyridine rings is 1. The molecular weight excluding hydrogens is 232 g/mol. The van der Waals surface area contributed by atoms with Crippen LogP contribution < -0.4 is 11.1 Å². The molecule has 0 spiro atoms. The van der Waals surface area contributed by atoms with E-state index < -0.39 is 0 Å². The molecule has 0 bridgehead atoms. The van der Waals surface area contributed by atoms with Gasteiger partial charge in [-0.15, -0.1) is 0 Å². The lowest BCUT2D eigenvalue weighted by atomic mass is 10.1. The minimum atomic E-state index is -0.253. The Morgan fingerprint density at radius 2 is 2.28 bits per heavy atom. The number of hydrogen-bond acceptors (Lipinski definition) is 5. The number of piperidine rings is 1. The van der Waals surface area contributed by atoms with Gasteiger partial charge in [0.25, 0.3) is 0 Å². The number of nitrogen functional groups attached to an aromatic ring is 1. The van der Waals surface area contributed by atoms with Crippen LogP contribution in [0.25, 0.3) is 0 Å². The van der Waals surface area contributed by atoms with E-state index in [2.05, 4.69) is 10.3 Å². The van der Waals surface area contributed by atoms with Gasteiger partial charge in [0.2, 0.25) is 0 Å². The minimum Gasteiger partial charge on any atom is -0.453 e. The maximum Gasteiger partial charge on any atom is 0.409 e. The molecule has 1 aromatic heterocycles. The number of nitrogens with one attached hydrogen (secondary N) is 1. The van der Waals surface area contributed by atoms with Gasteiger partial charge in [0.15, 0.2) is 0 Å². The molecule has 0 radical (unpaired) electrons.